The molecule has 3 heteroatoms. The Morgan fingerprint density at radius 3 is 2.00 bits per heavy atom. The topological polar surface area (TPSA) is 27.7 Å². The van der Waals surface area contributed by atoms with Crippen molar-refractivity contribution in [1.29, 1.82) is 0 Å². The average molecular weight is 258 g/mol. The van der Waals surface area contributed by atoms with E-state index in [0.717, 1.165) is 12.8 Å². The average Bonchev–Trinajstić information content (AvgIpc) is 2.35. The van der Waals surface area contributed by atoms with E-state index in [-0.39, 0.29) is 12.4 Å². The molecule has 0 aliphatic heterocycles. The largest absolute Gasteiger partial charge is 0.374 e. The third kappa shape index (κ3) is 9.63. The summed E-state index contributed by atoms with van der Waals surface area (Å²) in [6, 6.07) is 0. The maximum Gasteiger partial charge on any atom is 0.160 e. The van der Waals surface area contributed by atoms with Gasteiger partial charge in [0.05, 0.1) is 6.10 Å². The molecule has 0 bridgehead atoms. The van der Waals surface area contributed by atoms with Crippen molar-refractivity contribution in [1.82, 2.24) is 0 Å². The smallest absolute Gasteiger partial charge is 0.160 e. The van der Waals surface area contributed by atoms with Crippen LogP contribution in [-0.2, 0) is 14.2 Å². The van der Waals surface area contributed by atoms with Gasteiger partial charge < -0.3 is 14.2 Å². The van der Waals surface area contributed by atoms with Crippen LogP contribution in [0.25, 0.3) is 0 Å². The van der Waals surface area contributed by atoms with Crippen molar-refractivity contribution in [2.45, 2.75) is 65.8 Å². The second kappa shape index (κ2) is 13.1. The van der Waals surface area contributed by atoms with E-state index >= 15 is 0 Å². The van der Waals surface area contributed by atoms with E-state index in [1.165, 1.54) is 12.8 Å². The highest BCUT2D eigenvalue weighted by Crippen LogP contribution is 2.11. The van der Waals surface area contributed by atoms with Crippen molar-refractivity contribution >= 4 is 0 Å². The molecular weight excluding hydrogens is 228 g/mol. The predicted octanol–water partition coefficient (Wildman–Crippen LogP) is 3.93. The van der Waals surface area contributed by atoms with Crippen molar-refractivity contribution in [3.05, 3.63) is 12.2 Å². The lowest BCUT2D eigenvalue weighted by molar-refractivity contribution is -0.152. The monoisotopic (exact) mass is 258 g/mol. The van der Waals surface area contributed by atoms with Crippen LogP contribution in [0.15, 0.2) is 12.2 Å². The minimum absolute atomic E-state index is 0.0926. The fraction of sp³-hybridized carbons (Fsp3) is 0.867. The first-order valence-corrected chi connectivity index (χ1v) is 7.29. The lowest BCUT2D eigenvalue weighted by atomic mass is 10.2. The molecule has 0 unspecified atom stereocenters. The number of allylic oxidation sites excluding steroid dienone is 1. The summed E-state index contributed by atoms with van der Waals surface area (Å²) in [5, 5.41) is 0. The van der Waals surface area contributed by atoms with Gasteiger partial charge in [0.15, 0.2) is 6.29 Å². The van der Waals surface area contributed by atoms with Crippen molar-refractivity contribution < 1.29 is 14.2 Å². The summed E-state index contributed by atoms with van der Waals surface area (Å²) < 4.78 is 16.8. The fourth-order valence-corrected chi connectivity index (χ4v) is 1.73. The van der Waals surface area contributed by atoms with Gasteiger partial charge in [-0.05, 0) is 27.2 Å². The molecule has 0 saturated heterocycles. The molecule has 0 aliphatic carbocycles. The number of rotatable bonds is 12. The summed E-state index contributed by atoms with van der Waals surface area (Å²) >= 11 is 0. The molecule has 3 nitrogen and oxygen atoms in total. The Hall–Kier alpha value is -0.380. The van der Waals surface area contributed by atoms with Crippen molar-refractivity contribution in [2.24, 2.45) is 0 Å². The Morgan fingerprint density at radius 1 is 0.889 bits per heavy atom. The molecule has 0 heterocycles. The van der Waals surface area contributed by atoms with Gasteiger partial charge in [0.1, 0.15) is 0 Å². The Morgan fingerprint density at radius 2 is 1.50 bits per heavy atom. The summed E-state index contributed by atoms with van der Waals surface area (Å²) in [5.41, 5.74) is 0. The normalized spacial score (nSPS) is 13.6. The number of unbranched alkanes of at least 4 members (excludes halogenated alkanes) is 2. The highest BCUT2D eigenvalue weighted by atomic mass is 16.7. The highest BCUT2D eigenvalue weighted by molar-refractivity contribution is 4.90. The van der Waals surface area contributed by atoms with Gasteiger partial charge in [0.25, 0.3) is 0 Å². The molecule has 0 N–H and O–H groups in total. The molecule has 0 saturated carbocycles. The maximum absolute atomic E-state index is 5.70. The molecule has 0 spiro atoms. The lowest BCUT2D eigenvalue weighted by Gasteiger charge is -2.21. The van der Waals surface area contributed by atoms with Gasteiger partial charge in [-0.15, -0.1) is 0 Å². The molecule has 0 aromatic rings. The zero-order valence-electron chi connectivity index (χ0n) is 12.5. The van der Waals surface area contributed by atoms with Gasteiger partial charge in [-0.1, -0.05) is 31.9 Å². The highest BCUT2D eigenvalue weighted by Gasteiger charge is 2.14. The van der Waals surface area contributed by atoms with E-state index in [1.807, 2.05) is 20.8 Å². The van der Waals surface area contributed by atoms with E-state index in [2.05, 4.69) is 19.1 Å². The van der Waals surface area contributed by atoms with Crippen LogP contribution < -0.4 is 0 Å². The minimum Gasteiger partial charge on any atom is -0.374 e. The molecule has 18 heavy (non-hydrogen) atoms. The SMILES string of the molecule is CCCC/C=C/[C@@H](CC(OCC)OCC)OCC. The zero-order valence-corrected chi connectivity index (χ0v) is 12.5. The van der Waals surface area contributed by atoms with Crippen LogP contribution in [0.3, 0.4) is 0 Å². The molecule has 0 rings (SSSR count). The second-order valence-electron chi connectivity index (χ2n) is 4.14. The Bertz CT molecular complexity index is 186. The molecule has 0 fully saturated rings. The molecule has 1 atom stereocenters. The Kier molecular flexibility index (Phi) is 12.8. The van der Waals surface area contributed by atoms with Gasteiger partial charge in [-0.3, -0.25) is 0 Å². The van der Waals surface area contributed by atoms with E-state index in [0.29, 0.717) is 19.8 Å². The van der Waals surface area contributed by atoms with E-state index in [4.69, 9.17) is 14.2 Å². The number of hydrogen-bond donors (Lipinski definition) is 0. The summed E-state index contributed by atoms with van der Waals surface area (Å²) in [6.07, 6.45) is 8.62. The third-order valence-electron chi connectivity index (χ3n) is 2.59. The van der Waals surface area contributed by atoms with Crippen LogP contribution in [0, 0.1) is 0 Å². The van der Waals surface area contributed by atoms with Crippen molar-refractivity contribution in [3.8, 4) is 0 Å². The first-order valence-electron chi connectivity index (χ1n) is 7.29. The zero-order chi connectivity index (χ0) is 13.6. The van der Waals surface area contributed by atoms with Crippen molar-refractivity contribution in [2.75, 3.05) is 19.8 Å². The Balaban J connectivity index is 4.15. The minimum atomic E-state index is -0.160. The molecule has 0 aromatic carbocycles. The van der Waals surface area contributed by atoms with E-state index in [9.17, 15) is 0 Å². The van der Waals surface area contributed by atoms with Crippen LogP contribution >= 0.6 is 0 Å². The van der Waals surface area contributed by atoms with E-state index < -0.39 is 0 Å². The standard InChI is InChI=1S/C15H30O3/c1-5-9-10-11-12-14(16-6-2)13-15(17-7-3)18-8-4/h11-12,14-15H,5-10,13H2,1-4H3/b12-11+/t14-/m0/s1. The molecule has 0 aromatic heterocycles. The molecule has 0 amide bonds. The van der Waals surface area contributed by atoms with Gasteiger partial charge in [-0.2, -0.15) is 0 Å². The van der Waals surface area contributed by atoms with Crippen LogP contribution in [0.2, 0.25) is 0 Å². The van der Waals surface area contributed by atoms with Crippen LogP contribution in [-0.4, -0.2) is 32.2 Å². The van der Waals surface area contributed by atoms with Gasteiger partial charge in [0, 0.05) is 26.2 Å². The van der Waals surface area contributed by atoms with Crippen molar-refractivity contribution in [3.63, 3.8) is 0 Å². The van der Waals surface area contributed by atoms with Crippen LogP contribution in [0.4, 0.5) is 0 Å². The third-order valence-corrected chi connectivity index (χ3v) is 2.59. The summed E-state index contributed by atoms with van der Waals surface area (Å²) in [5.74, 6) is 0. The number of hydrogen-bond acceptors (Lipinski definition) is 3. The second-order valence-corrected chi connectivity index (χ2v) is 4.14. The van der Waals surface area contributed by atoms with Gasteiger partial charge >= 0.3 is 0 Å². The van der Waals surface area contributed by atoms with Crippen LogP contribution in [0.1, 0.15) is 53.4 Å². The van der Waals surface area contributed by atoms with Gasteiger partial charge in [-0.25, -0.2) is 0 Å². The first-order chi connectivity index (χ1) is 8.78. The fourth-order valence-electron chi connectivity index (χ4n) is 1.73. The van der Waals surface area contributed by atoms with Gasteiger partial charge in [0.2, 0.25) is 0 Å². The molecule has 0 radical (unpaired) electrons. The number of ether oxygens (including phenoxy) is 3. The summed E-state index contributed by atoms with van der Waals surface area (Å²) in [6.45, 7) is 10.2. The lowest BCUT2D eigenvalue weighted by Crippen LogP contribution is -2.24. The summed E-state index contributed by atoms with van der Waals surface area (Å²) in [7, 11) is 0. The molecular formula is C15H30O3. The maximum atomic E-state index is 5.70. The van der Waals surface area contributed by atoms with E-state index in [1.54, 1.807) is 0 Å². The first kappa shape index (κ1) is 17.6. The molecule has 108 valence electrons. The summed E-state index contributed by atoms with van der Waals surface area (Å²) in [4.78, 5) is 0. The quantitative estimate of drug-likeness (QED) is 0.301. The van der Waals surface area contributed by atoms with Crippen LogP contribution in [0.5, 0.6) is 0 Å². The predicted molar refractivity (Wildman–Crippen MR) is 75.7 cm³/mol. The Labute approximate surface area is 112 Å². The molecule has 0 aliphatic rings.